The molecule has 1 aliphatic rings. The molecule has 0 saturated carbocycles. The molecule has 13 heteroatoms. The monoisotopic (exact) mass is 578 g/mol. The third kappa shape index (κ3) is 5.87. The van der Waals surface area contributed by atoms with Crippen LogP contribution in [0.2, 0.25) is 5.02 Å². The van der Waals surface area contributed by atoms with Gasteiger partial charge in [-0.1, -0.05) is 17.7 Å². The Hall–Kier alpha value is -4.84. The number of methoxy groups -OCH3 is 1. The minimum absolute atomic E-state index is 0.0773. The van der Waals surface area contributed by atoms with E-state index in [0.717, 1.165) is 18.9 Å². The number of carbonyl (C=O) groups is 4. The summed E-state index contributed by atoms with van der Waals surface area (Å²) < 4.78 is 21.2. The zero-order chi connectivity index (χ0) is 29.1. The smallest absolute Gasteiger partial charge is 0.340 e. The highest BCUT2D eigenvalue weighted by atomic mass is 35.5. The third-order valence-corrected chi connectivity index (χ3v) is 6.76. The Kier molecular flexibility index (Phi) is 7.92. The predicted molar refractivity (Wildman–Crippen MR) is 148 cm³/mol. The molecular weight excluding hydrogens is 555 g/mol. The maximum absolute atomic E-state index is 15.0. The Morgan fingerprint density at radius 1 is 1.05 bits per heavy atom. The van der Waals surface area contributed by atoms with Crippen LogP contribution in [0.3, 0.4) is 0 Å². The number of halogens is 2. The van der Waals surface area contributed by atoms with E-state index in [-0.39, 0.29) is 46.4 Å². The number of rotatable bonds is 7. The van der Waals surface area contributed by atoms with Gasteiger partial charge in [0, 0.05) is 24.8 Å². The summed E-state index contributed by atoms with van der Waals surface area (Å²) in [6.07, 6.45) is 3.16. The number of amides is 3. The van der Waals surface area contributed by atoms with Gasteiger partial charge in [0.2, 0.25) is 11.7 Å². The van der Waals surface area contributed by atoms with Gasteiger partial charge in [0.05, 0.1) is 28.9 Å². The number of anilines is 2. The van der Waals surface area contributed by atoms with Gasteiger partial charge in [-0.05, 0) is 55.3 Å². The number of ether oxygens (including phenoxy) is 1. The first kappa shape index (κ1) is 27.7. The van der Waals surface area contributed by atoms with Gasteiger partial charge in [-0.15, -0.1) is 0 Å². The number of imidazole rings is 1. The second-order valence-electron chi connectivity index (χ2n) is 9.24. The first-order valence-corrected chi connectivity index (χ1v) is 13.0. The molecule has 5 rings (SSSR count). The number of benzene rings is 2. The number of likely N-dealkylation sites (tertiary alicyclic amines) is 1. The molecule has 41 heavy (non-hydrogen) atoms. The summed E-state index contributed by atoms with van der Waals surface area (Å²) in [5.41, 5.74) is 0.478. The lowest BCUT2D eigenvalue weighted by Crippen LogP contribution is -2.27. The third-order valence-electron chi connectivity index (χ3n) is 6.54. The van der Waals surface area contributed by atoms with E-state index < -0.39 is 23.6 Å². The van der Waals surface area contributed by atoms with Crippen molar-refractivity contribution in [2.75, 3.05) is 30.8 Å². The lowest BCUT2D eigenvalue weighted by molar-refractivity contribution is -0.116. The van der Waals surface area contributed by atoms with Crippen molar-refractivity contribution in [3.63, 3.8) is 0 Å². The summed E-state index contributed by atoms with van der Waals surface area (Å²) in [4.78, 5) is 61.3. The van der Waals surface area contributed by atoms with E-state index in [9.17, 15) is 19.2 Å². The van der Waals surface area contributed by atoms with Crippen LogP contribution < -0.4 is 10.6 Å². The number of para-hydroxylation sites is 1. The second-order valence-corrected chi connectivity index (χ2v) is 9.68. The van der Waals surface area contributed by atoms with Crippen LogP contribution in [0.25, 0.3) is 11.0 Å². The highest BCUT2D eigenvalue weighted by molar-refractivity contribution is 6.30. The lowest BCUT2D eigenvalue weighted by atomic mass is 10.1. The second kappa shape index (κ2) is 11.7. The fraction of sp³-hybridized carbons (Fsp3) is 0.214. The van der Waals surface area contributed by atoms with Crippen molar-refractivity contribution >= 4 is 57.8 Å². The number of esters is 1. The van der Waals surface area contributed by atoms with Crippen molar-refractivity contribution in [3.8, 4) is 0 Å². The van der Waals surface area contributed by atoms with E-state index in [1.807, 2.05) is 0 Å². The Bertz CT molecular complexity index is 1670. The molecule has 2 aromatic heterocycles. The Morgan fingerprint density at radius 3 is 2.51 bits per heavy atom. The molecule has 1 aliphatic heterocycles. The van der Waals surface area contributed by atoms with E-state index in [1.165, 1.54) is 42.1 Å². The molecule has 3 amide bonds. The summed E-state index contributed by atoms with van der Waals surface area (Å²) >= 11 is 5.85. The highest BCUT2D eigenvalue weighted by Crippen LogP contribution is 2.24. The number of aromatic nitrogens is 3. The topological polar surface area (TPSA) is 136 Å². The van der Waals surface area contributed by atoms with Crippen molar-refractivity contribution in [1.82, 2.24) is 19.4 Å². The molecule has 0 bridgehead atoms. The van der Waals surface area contributed by atoms with Crippen molar-refractivity contribution in [1.29, 1.82) is 0 Å². The number of fused-ring (bicyclic) bond motifs is 1. The minimum Gasteiger partial charge on any atom is -0.465 e. The fourth-order valence-electron chi connectivity index (χ4n) is 4.56. The maximum atomic E-state index is 15.0. The summed E-state index contributed by atoms with van der Waals surface area (Å²) in [5.74, 6) is -3.20. The van der Waals surface area contributed by atoms with Crippen molar-refractivity contribution in [3.05, 3.63) is 82.5 Å². The standard InChI is InChI=1S/C28H24ClFN6O5/c1-41-28(40)18-5-4-6-21-24(18)34-25(36(21)15-23(37)33-22-10-8-17(29)14-31-22)26(38)32-20-9-7-16(13-19(20)30)27(39)35-11-2-3-12-35/h4-10,13-14H,2-3,11-12,15H2,1H3,(H,32,38)(H,31,33,37). The van der Waals surface area contributed by atoms with E-state index in [4.69, 9.17) is 16.3 Å². The van der Waals surface area contributed by atoms with Gasteiger partial charge in [-0.2, -0.15) is 0 Å². The van der Waals surface area contributed by atoms with Crippen molar-refractivity contribution in [2.45, 2.75) is 19.4 Å². The van der Waals surface area contributed by atoms with Gasteiger partial charge < -0.3 is 24.8 Å². The first-order chi connectivity index (χ1) is 19.7. The van der Waals surface area contributed by atoms with Gasteiger partial charge >= 0.3 is 5.97 Å². The number of hydrogen-bond donors (Lipinski definition) is 2. The number of hydrogen-bond acceptors (Lipinski definition) is 7. The van der Waals surface area contributed by atoms with E-state index in [0.29, 0.717) is 23.6 Å². The molecule has 0 unspecified atom stereocenters. The number of nitrogens with zero attached hydrogens (tertiary/aromatic N) is 4. The van der Waals surface area contributed by atoms with Crippen LogP contribution >= 0.6 is 11.6 Å². The molecular formula is C28H24ClFN6O5. The predicted octanol–water partition coefficient (Wildman–Crippen LogP) is 4.14. The molecule has 1 saturated heterocycles. The average Bonchev–Trinajstić information content (AvgIpc) is 3.63. The minimum atomic E-state index is -0.841. The fourth-order valence-corrected chi connectivity index (χ4v) is 4.67. The first-order valence-electron chi connectivity index (χ1n) is 12.6. The summed E-state index contributed by atoms with van der Waals surface area (Å²) in [7, 11) is 1.21. The molecule has 0 spiro atoms. The van der Waals surface area contributed by atoms with E-state index in [1.54, 1.807) is 23.1 Å². The summed E-state index contributed by atoms with van der Waals surface area (Å²) in [6, 6.07) is 11.5. The van der Waals surface area contributed by atoms with Crippen LogP contribution in [0.1, 0.15) is 44.2 Å². The molecule has 1 fully saturated rings. The highest BCUT2D eigenvalue weighted by Gasteiger charge is 2.25. The van der Waals surface area contributed by atoms with Gasteiger partial charge in [-0.3, -0.25) is 14.4 Å². The number of pyridine rings is 1. The van der Waals surface area contributed by atoms with Gasteiger partial charge in [0.1, 0.15) is 23.7 Å². The van der Waals surface area contributed by atoms with Gasteiger partial charge in [0.25, 0.3) is 11.8 Å². The van der Waals surface area contributed by atoms with Crippen molar-refractivity contribution in [2.24, 2.45) is 0 Å². The normalized spacial score (nSPS) is 12.8. The van der Waals surface area contributed by atoms with Gasteiger partial charge in [0.15, 0.2) is 0 Å². The molecule has 2 N–H and O–H groups in total. The molecule has 0 atom stereocenters. The molecule has 11 nitrogen and oxygen atoms in total. The zero-order valence-electron chi connectivity index (χ0n) is 21.8. The summed E-state index contributed by atoms with van der Waals surface area (Å²) in [5, 5.41) is 5.45. The van der Waals surface area contributed by atoms with Crippen LogP contribution in [0.5, 0.6) is 0 Å². The van der Waals surface area contributed by atoms with Crippen LogP contribution in [0, 0.1) is 5.82 Å². The van der Waals surface area contributed by atoms with Crippen LogP contribution in [0.4, 0.5) is 15.9 Å². The molecule has 210 valence electrons. The van der Waals surface area contributed by atoms with Gasteiger partial charge in [-0.25, -0.2) is 19.2 Å². The molecule has 0 aliphatic carbocycles. The Balaban J connectivity index is 1.45. The average molecular weight is 579 g/mol. The largest absolute Gasteiger partial charge is 0.465 e. The van der Waals surface area contributed by atoms with Crippen LogP contribution in [0.15, 0.2) is 54.7 Å². The summed E-state index contributed by atoms with van der Waals surface area (Å²) in [6.45, 7) is 0.842. The molecule has 0 radical (unpaired) electrons. The van der Waals surface area contributed by atoms with Crippen LogP contribution in [-0.2, 0) is 16.1 Å². The molecule has 4 aromatic rings. The molecule has 2 aromatic carbocycles. The van der Waals surface area contributed by atoms with E-state index in [2.05, 4.69) is 20.6 Å². The maximum Gasteiger partial charge on any atom is 0.340 e. The Morgan fingerprint density at radius 2 is 1.83 bits per heavy atom. The molecule has 3 heterocycles. The SMILES string of the molecule is COC(=O)c1cccc2c1nc(C(=O)Nc1ccc(C(=O)N3CCCC3)cc1F)n2CC(=O)Nc1ccc(Cl)cn1. The number of nitrogens with one attached hydrogen (secondary N) is 2. The van der Waals surface area contributed by atoms with Crippen molar-refractivity contribution < 1.29 is 28.3 Å². The quantitative estimate of drug-likeness (QED) is 0.315. The number of carbonyl (C=O) groups excluding carboxylic acids is 4. The lowest BCUT2D eigenvalue weighted by Gasteiger charge is -2.16. The Labute approximate surface area is 238 Å². The van der Waals surface area contributed by atoms with E-state index >= 15 is 4.39 Å². The zero-order valence-corrected chi connectivity index (χ0v) is 22.6. The van der Waals surface area contributed by atoms with Crippen LogP contribution in [-0.4, -0.2) is 63.3 Å².